The molecule has 0 unspecified atom stereocenters. The molecule has 1 spiro atoms. The van der Waals surface area contributed by atoms with Gasteiger partial charge in [0, 0.05) is 24.2 Å². The van der Waals surface area contributed by atoms with Crippen LogP contribution in [0.25, 0.3) is 0 Å². The van der Waals surface area contributed by atoms with Crippen molar-refractivity contribution in [2.45, 2.75) is 82.9 Å². The van der Waals surface area contributed by atoms with Crippen molar-refractivity contribution < 1.29 is 29.3 Å². The van der Waals surface area contributed by atoms with Gasteiger partial charge >= 0.3 is 0 Å². The summed E-state index contributed by atoms with van der Waals surface area (Å²) in [6.07, 6.45) is 9.17. The fourth-order valence-corrected chi connectivity index (χ4v) is 9.61. The van der Waals surface area contributed by atoms with Gasteiger partial charge < -0.3 is 29.3 Å². The first kappa shape index (κ1) is 21.8. The second-order valence-corrected chi connectivity index (χ2v) is 11.9. The van der Waals surface area contributed by atoms with Gasteiger partial charge in [-0.2, -0.15) is 0 Å². The average Bonchev–Trinajstić information content (AvgIpc) is 3.48. The molecule has 6 rings (SSSR count). The maximum Gasteiger partial charge on any atom is 0.169 e. The lowest BCUT2D eigenvalue weighted by Crippen LogP contribution is -2.62. The molecule has 4 saturated carbocycles. The van der Waals surface area contributed by atoms with Crippen LogP contribution in [-0.4, -0.2) is 60.6 Å². The Bertz CT molecular complexity index is 762. The first-order valence-electron chi connectivity index (χ1n) is 12.8. The second-order valence-electron chi connectivity index (χ2n) is 11.9. The van der Waals surface area contributed by atoms with Crippen molar-refractivity contribution >= 4 is 6.21 Å². The van der Waals surface area contributed by atoms with E-state index in [0.29, 0.717) is 50.6 Å². The van der Waals surface area contributed by atoms with E-state index in [2.05, 4.69) is 12.1 Å². The molecule has 2 heterocycles. The van der Waals surface area contributed by atoms with Crippen LogP contribution in [0, 0.1) is 40.4 Å². The fraction of sp³-hybridized carbons (Fsp3) is 0.960. The molecule has 2 N–H and O–H groups in total. The fourth-order valence-electron chi connectivity index (χ4n) is 9.61. The highest BCUT2D eigenvalue weighted by Gasteiger charge is 2.68. The monoisotopic (exact) mass is 449 g/mol. The number of aliphatic hydroxyl groups excluding tert-OH is 1. The van der Waals surface area contributed by atoms with Crippen molar-refractivity contribution in [1.29, 1.82) is 0 Å². The maximum absolute atomic E-state index is 11.8. The Morgan fingerprint density at radius 1 is 0.875 bits per heavy atom. The zero-order valence-electron chi connectivity index (χ0n) is 19.5. The standard InChI is InChI=1S/C25H39NO6/c1-22-7-8-25(31-11-12-32-25)13-16(22)3-4-17-18-5-6-20(23(2)29-9-10-30-23)24(18,15-26-28)14-19(27)21(17)22/h15-21,27-28H,3-14H2,1-2H3/b26-15-/t16-,17+,18+,19-,20-,21-,22+,24-/m1/s1. The van der Waals surface area contributed by atoms with E-state index < -0.39 is 11.9 Å². The molecule has 0 bridgehead atoms. The Hall–Kier alpha value is -0.730. The van der Waals surface area contributed by atoms with Gasteiger partial charge in [-0.3, -0.25) is 0 Å². The SMILES string of the molecule is CC1([C@H]2CC[C@H]3[C@@H]4CC[C@@H]5CC6(CC[C@]5(C)[C@H]4[C@H](O)C[C@]23/C=N\O)OCCO6)OCCO1. The molecule has 6 fully saturated rings. The summed E-state index contributed by atoms with van der Waals surface area (Å²) in [6.45, 7) is 7.07. The Labute approximate surface area is 190 Å². The third-order valence-corrected chi connectivity index (χ3v) is 10.8. The van der Waals surface area contributed by atoms with Crippen molar-refractivity contribution in [2.75, 3.05) is 26.4 Å². The number of oxime groups is 1. The number of nitrogens with zero attached hydrogens (tertiary/aromatic N) is 1. The smallest absolute Gasteiger partial charge is 0.169 e. The number of rotatable bonds is 2. The maximum atomic E-state index is 11.8. The summed E-state index contributed by atoms with van der Waals surface area (Å²) in [5, 5.41) is 25.1. The molecule has 180 valence electrons. The molecular weight excluding hydrogens is 410 g/mol. The molecule has 32 heavy (non-hydrogen) atoms. The highest BCUT2D eigenvalue weighted by Crippen LogP contribution is 2.69. The summed E-state index contributed by atoms with van der Waals surface area (Å²) < 4.78 is 24.4. The lowest BCUT2D eigenvalue weighted by atomic mass is 9.43. The predicted molar refractivity (Wildman–Crippen MR) is 116 cm³/mol. The van der Waals surface area contributed by atoms with E-state index in [1.807, 2.05) is 6.92 Å². The molecular formula is C25H39NO6. The van der Waals surface area contributed by atoms with Crippen LogP contribution in [0.4, 0.5) is 0 Å². The Morgan fingerprint density at radius 3 is 2.31 bits per heavy atom. The van der Waals surface area contributed by atoms with Crippen molar-refractivity contribution in [2.24, 2.45) is 45.6 Å². The molecule has 6 aliphatic rings. The van der Waals surface area contributed by atoms with E-state index in [-0.39, 0.29) is 28.5 Å². The van der Waals surface area contributed by atoms with Crippen LogP contribution in [0.3, 0.4) is 0 Å². The summed E-state index contributed by atoms with van der Waals surface area (Å²) in [5.41, 5.74) is -0.293. The molecule has 0 aromatic heterocycles. The third kappa shape index (κ3) is 2.87. The highest BCUT2D eigenvalue weighted by atomic mass is 16.7. The number of ether oxygens (including phenoxy) is 4. The third-order valence-electron chi connectivity index (χ3n) is 10.8. The van der Waals surface area contributed by atoms with Gasteiger partial charge in [0.2, 0.25) is 0 Å². The summed E-state index contributed by atoms with van der Waals surface area (Å²) >= 11 is 0. The van der Waals surface area contributed by atoms with Gasteiger partial charge in [-0.1, -0.05) is 6.92 Å². The first-order chi connectivity index (χ1) is 15.4. The Morgan fingerprint density at radius 2 is 1.59 bits per heavy atom. The summed E-state index contributed by atoms with van der Waals surface area (Å²) in [7, 11) is 0. The minimum absolute atomic E-state index is 0.0910. The molecule has 4 aliphatic carbocycles. The molecule has 7 heteroatoms. The van der Waals surface area contributed by atoms with Crippen molar-refractivity contribution in [3.05, 3.63) is 0 Å². The second kappa shape index (κ2) is 7.38. The first-order valence-corrected chi connectivity index (χ1v) is 12.8. The van der Waals surface area contributed by atoms with Crippen LogP contribution in [0.1, 0.15) is 65.2 Å². The van der Waals surface area contributed by atoms with Crippen LogP contribution < -0.4 is 0 Å². The van der Waals surface area contributed by atoms with Gasteiger partial charge in [0.15, 0.2) is 11.6 Å². The largest absolute Gasteiger partial charge is 0.411 e. The van der Waals surface area contributed by atoms with E-state index in [1.54, 1.807) is 6.21 Å². The zero-order chi connectivity index (χ0) is 22.2. The van der Waals surface area contributed by atoms with E-state index in [1.165, 1.54) is 0 Å². The van der Waals surface area contributed by atoms with E-state index >= 15 is 0 Å². The quantitative estimate of drug-likeness (QED) is 0.381. The van der Waals surface area contributed by atoms with Crippen LogP contribution in [0.2, 0.25) is 0 Å². The van der Waals surface area contributed by atoms with Crippen LogP contribution in [-0.2, 0) is 18.9 Å². The van der Waals surface area contributed by atoms with Gasteiger partial charge in [0.25, 0.3) is 0 Å². The highest BCUT2D eigenvalue weighted by molar-refractivity contribution is 5.68. The molecule has 0 amide bonds. The van der Waals surface area contributed by atoms with Crippen molar-refractivity contribution in [3.8, 4) is 0 Å². The van der Waals surface area contributed by atoms with Crippen LogP contribution in [0.15, 0.2) is 5.16 Å². The van der Waals surface area contributed by atoms with Gasteiger partial charge in [0.05, 0.1) is 38.7 Å². The Kier molecular flexibility index (Phi) is 5.02. The van der Waals surface area contributed by atoms with E-state index in [4.69, 9.17) is 18.9 Å². The summed E-state index contributed by atoms with van der Waals surface area (Å²) in [6, 6.07) is 0. The summed E-state index contributed by atoms with van der Waals surface area (Å²) in [4.78, 5) is 0. The van der Waals surface area contributed by atoms with Gasteiger partial charge in [-0.05, 0) is 74.5 Å². The average molecular weight is 450 g/mol. The Balaban J connectivity index is 1.33. The lowest BCUT2D eigenvalue weighted by Gasteiger charge is -2.63. The molecule has 2 aliphatic heterocycles. The minimum atomic E-state index is -0.669. The minimum Gasteiger partial charge on any atom is -0.411 e. The topological polar surface area (TPSA) is 89.7 Å². The molecule has 0 aromatic rings. The van der Waals surface area contributed by atoms with Crippen LogP contribution in [0.5, 0.6) is 0 Å². The molecule has 8 atom stereocenters. The lowest BCUT2D eigenvalue weighted by molar-refractivity contribution is -0.247. The van der Waals surface area contributed by atoms with Crippen LogP contribution >= 0.6 is 0 Å². The number of fused-ring (bicyclic) bond motifs is 5. The number of hydrogen-bond donors (Lipinski definition) is 2. The van der Waals surface area contributed by atoms with E-state index in [0.717, 1.165) is 44.9 Å². The van der Waals surface area contributed by atoms with Crippen molar-refractivity contribution in [1.82, 2.24) is 0 Å². The van der Waals surface area contributed by atoms with Gasteiger partial charge in [0.1, 0.15) is 0 Å². The molecule has 7 nitrogen and oxygen atoms in total. The zero-order valence-corrected chi connectivity index (χ0v) is 19.5. The predicted octanol–water partition coefficient (Wildman–Crippen LogP) is 3.56. The normalized spacial score (nSPS) is 51.6. The number of aliphatic hydroxyl groups is 1. The van der Waals surface area contributed by atoms with Gasteiger partial charge in [-0.15, -0.1) is 5.16 Å². The van der Waals surface area contributed by atoms with Crippen molar-refractivity contribution in [3.63, 3.8) is 0 Å². The number of hydrogen-bond acceptors (Lipinski definition) is 7. The molecule has 2 saturated heterocycles. The van der Waals surface area contributed by atoms with E-state index in [9.17, 15) is 10.3 Å². The summed E-state index contributed by atoms with van der Waals surface area (Å²) in [5.74, 6) is 0.630. The molecule has 0 radical (unpaired) electrons. The molecule has 0 aromatic carbocycles. The van der Waals surface area contributed by atoms with Gasteiger partial charge in [-0.25, -0.2) is 0 Å².